The first-order valence-electron chi connectivity index (χ1n) is 34.9. The zero-order valence-corrected chi connectivity index (χ0v) is 51.8. The molecule has 452 valence electrons. The van der Waals surface area contributed by atoms with Crippen LogP contribution in [0.2, 0.25) is 0 Å². The number of unbranched alkanes of at least 4 members (excludes halogenated alkanes) is 53. The van der Waals surface area contributed by atoms with Crippen LogP contribution in [0.25, 0.3) is 0 Å². The number of amides is 1. The van der Waals surface area contributed by atoms with Crippen LogP contribution in [0.3, 0.4) is 0 Å². The molecule has 0 spiro atoms. The van der Waals surface area contributed by atoms with E-state index in [2.05, 4.69) is 31.3 Å². The number of carbonyl (C=O) groups is 2. The van der Waals surface area contributed by atoms with Gasteiger partial charge < -0.3 is 20.3 Å². The van der Waals surface area contributed by atoms with Crippen molar-refractivity contribution in [3.8, 4) is 0 Å². The zero-order chi connectivity index (χ0) is 55.0. The summed E-state index contributed by atoms with van der Waals surface area (Å²) in [6, 6.07) is -0.538. The monoisotopic (exact) mass is 1070 g/mol. The standard InChI is InChI=1S/C70H137NO5/c1-3-5-7-9-11-13-15-17-18-33-36-39-42-46-50-54-58-62-68(73)67(66-72)71-69(74)63-59-55-51-47-43-40-37-34-31-29-27-25-23-21-19-20-22-24-26-28-30-32-35-38-41-45-49-53-57-61-65-76-70(75)64-60-56-52-48-44-16-14-12-10-8-6-4-2/h12,14,67-68,72-73H,3-11,13,15-66H2,1-2H3,(H,71,74)/b14-12-. The van der Waals surface area contributed by atoms with E-state index >= 15 is 0 Å². The summed E-state index contributed by atoms with van der Waals surface area (Å²) in [6.45, 7) is 4.97. The predicted octanol–water partition coefficient (Wildman–Crippen LogP) is 22.4. The van der Waals surface area contributed by atoms with Crippen molar-refractivity contribution in [3.63, 3.8) is 0 Å². The molecule has 0 heterocycles. The van der Waals surface area contributed by atoms with Crippen LogP contribution >= 0.6 is 0 Å². The number of hydrogen-bond acceptors (Lipinski definition) is 5. The number of rotatable bonds is 66. The van der Waals surface area contributed by atoms with Crippen molar-refractivity contribution in [1.29, 1.82) is 0 Å². The Hall–Kier alpha value is -1.40. The van der Waals surface area contributed by atoms with Crippen LogP contribution in [-0.4, -0.2) is 47.4 Å². The molecule has 1 amide bonds. The second-order valence-electron chi connectivity index (χ2n) is 24.2. The molecule has 2 atom stereocenters. The third kappa shape index (κ3) is 61.8. The fraction of sp³-hybridized carbons (Fsp3) is 0.943. The number of nitrogens with one attached hydrogen (secondary N) is 1. The highest BCUT2D eigenvalue weighted by Gasteiger charge is 2.20. The van der Waals surface area contributed by atoms with E-state index in [1.807, 2.05) is 0 Å². The molecule has 0 aliphatic rings. The van der Waals surface area contributed by atoms with Crippen LogP contribution < -0.4 is 5.32 Å². The Balaban J connectivity index is 3.33. The van der Waals surface area contributed by atoms with Gasteiger partial charge >= 0.3 is 5.97 Å². The third-order valence-electron chi connectivity index (χ3n) is 16.6. The first-order chi connectivity index (χ1) is 37.5. The quantitative estimate of drug-likeness (QED) is 0.0320. The molecule has 0 radical (unpaired) electrons. The molecule has 0 saturated heterocycles. The molecule has 0 fully saturated rings. The molecule has 0 aromatic heterocycles. The van der Waals surface area contributed by atoms with E-state index < -0.39 is 12.1 Å². The highest BCUT2D eigenvalue weighted by molar-refractivity contribution is 5.76. The summed E-state index contributed by atoms with van der Waals surface area (Å²) in [5.41, 5.74) is 0. The summed E-state index contributed by atoms with van der Waals surface area (Å²) in [7, 11) is 0. The Morgan fingerprint density at radius 1 is 0.355 bits per heavy atom. The second kappa shape index (κ2) is 66.1. The Bertz CT molecular complexity index is 1140. The lowest BCUT2D eigenvalue weighted by Gasteiger charge is -2.22. The number of ether oxygens (including phenoxy) is 1. The van der Waals surface area contributed by atoms with Gasteiger partial charge in [-0.2, -0.15) is 0 Å². The molecule has 0 aromatic rings. The summed E-state index contributed by atoms with van der Waals surface area (Å²) >= 11 is 0. The van der Waals surface area contributed by atoms with Gasteiger partial charge in [0.15, 0.2) is 0 Å². The number of hydrogen-bond donors (Lipinski definition) is 3. The average Bonchev–Trinajstić information content (AvgIpc) is 3.42. The van der Waals surface area contributed by atoms with Crippen molar-refractivity contribution in [2.45, 2.75) is 411 Å². The molecule has 76 heavy (non-hydrogen) atoms. The van der Waals surface area contributed by atoms with Gasteiger partial charge in [-0.25, -0.2) is 0 Å². The molecule has 0 bridgehead atoms. The summed E-state index contributed by atoms with van der Waals surface area (Å²) in [4.78, 5) is 24.5. The lowest BCUT2D eigenvalue weighted by Crippen LogP contribution is -2.45. The second-order valence-corrected chi connectivity index (χ2v) is 24.2. The molecule has 0 rings (SSSR count). The van der Waals surface area contributed by atoms with Gasteiger partial charge in [0, 0.05) is 12.8 Å². The van der Waals surface area contributed by atoms with Crippen LogP contribution in [0.5, 0.6) is 0 Å². The van der Waals surface area contributed by atoms with Gasteiger partial charge in [0.1, 0.15) is 0 Å². The van der Waals surface area contributed by atoms with Gasteiger partial charge in [-0.05, 0) is 51.4 Å². The number of allylic oxidation sites excluding steroid dienone is 2. The molecule has 3 N–H and O–H groups in total. The number of carbonyl (C=O) groups excluding carboxylic acids is 2. The minimum absolute atomic E-state index is 0.0107. The molecule has 0 aromatic carbocycles. The minimum atomic E-state index is -0.661. The van der Waals surface area contributed by atoms with E-state index in [1.165, 1.54) is 321 Å². The smallest absolute Gasteiger partial charge is 0.305 e. The van der Waals surface area contributed by atoms with Crippen molar-refractivity contribution in [2.24, 2.45) is 0 Å². The average molecular weight is 1070 g/mol. The Kier molecular flexibility index (Phi) is 64.9. The molecule has 6 nitrogen and oxygen atoms in total. The van der Waals surface area contributed by atoms with E-state index in [0.717, 1.165) is 44.9 Å². The van der Waals surface area contributed by atoms with Gasteiger partial charge in [0.05, 0.1) is 25.4 Å². The van der Waals surface area contributed by atoms with E-state index in [4.69, 9.17) is 4.74 Å². The fourth-order valence-electron chi connectivity index (χ4n) is 11.2. The van der Waals surface area contributed by atoms with Gasteiger partial charge in [-0.15, -0.1) is 0 Å². The van der Waals surface area contributed by atoms with Crippen LogP contribution in [0.4, 0.5) is 0 Å². The SMILES string of the molecule is CCCCC/C=C\CCCCCCCC(=O)OCCCCCCCCCCCCCCCCCCCCCCCCCCCCCCCCC(=O)NC(CO)C(O)CCCCCCCCCCCCCCCCCCC. The van der Waals surface area contributed by atoms with Gasteiger partial charge in [0.2, 0.25) is 5.91 Å². The normalized spacial score (nSPS) is 12.5. The predicted molar refractivity (Wildman–Crippen MR) is 333 cm³/mol. The van der Waals surface area contributed by atoms with E-state index in [1.54, 1.807) is 0 Å². The summed E-state index contributed by atoms with van der Waals surface area (Å²) in [6.07, 6.45) is 81.2. The highest BCUT2D eigenvalue weighted by atomic mass is 16.5. The zero-order valence-electron chi connectivity index (χ0n) is 51.8. The van der Waals surface area contributed by atoms with Gasteiger partial charge in [-0.1, -0.05) is 347 Å². The van der Waals surface area contributed by atoms with Gasteiger partial charge in [-0.3, -0.25) is 9.59 Å². The molecular formula is C70H137NO5. The molecule has 2 unspecified atom stereocenters. The topological polar surface area (TPSA) is 95.9 Å². The van der Waals surface area contributed by atoms with Crippen LogP contribution in [-0.2, 0) is 14.3 Å². The number of aliphatic hydroxyl groups excluding tert-OH is 2. The molecule has 0 aliphatic carbocycles. The maximum Gasteiger partial charge on any atom is 0.305 e. The largest absolute Gasteiger partial charge is 0.466 e. The first kappa shape index (κ1) is 74.6. The van der Waals surface area contributed by atoms with Crippen molar-refractivity contribution in [2.75, 3.05) is 13.2 Å². The van der Waals surface area contributed by atoms with E-state index in [-0.39, 0.29) is 18.5 Å². The van der Waals surface area contributed by atoms with Crippen molar-refractivity contribution >= 4 is 11.9 Å². The Labute approximate surface area is 476 Å². The van der Waals surface area contributed by atoms with Gasteiger partial charge in [0.25, 0.3) is 0 Å². The van der Waals surface area contributed by atoms with E-state index in [0.29, 0.717) is 25.9 Å². The first-order valence-corrected chi connectivity index (χ1v) is 34.9. The highest BCUT2D eigenvalue weighted by Crippen LogP contribution is 2.19. The summed E-state index contributed by atoms with van der Waals surface area (Å²) in [5.74, 6) is -0.0164. The molecule has 6 heteroatoms. The molecular weight excluding hydrogens is 935 g/mol. The molecule has 0 aliphatic heterocycles. The van der Waals surface area contributed by atoms with Crippen molar-refractivity contribution < 1.29 is 24.5 Å². The third-order valence-corrected chi connectivity index (χ3v) is 16.6. The van der Waals surface area contributed by atoms with Crippen LogP contribution in [0.1, 0.15) is 399 Å². The fourth-order valence-corrected chi connectivity index (χ4v) is 11.2. The molecule has 0 saturated carbocycles. The Morgan fingerprint density at radius 2 is 0.618 bits per heavy atom. The van der Waals surface area contributed by atoms with E-state index in [9.17, 15) is 19.8 Å². The number of esters is 1. The van der Waals surface area contributed by atoms with Crippen LogP contribution in [0, 0.1) is 0 Å². The maximum atomic E-state index is 12.5. The van der Waals surface area contributed by atoms with Crippen molar-refractivity contribution in [3.05, 3.63) is 12.2 Å². The number of aliphatic hydroxyl groups is 2. The lowest BCUT2D eigenvalue weighted by atomic mass is 10.0. The Morgan fingerprint density at radius 3 is 0.961 bits per heavy atom. The summed E-state index contributed by atoms with van der Waals surface area (Å²) in [5, 5.41) is 23.4. The maximum absolute atomic E-state index is 12.5. The van der Waals surface area contributed by atoms with Crippen molar-refractivity contribution in [1.82, 2.24) is 5.32 Å². The lowest BCUT2D eigenvalue weighted by molar-refractivity contribution is -0.143. The van der Waals surface area contributed by atoms with Crippen LogP contribution in [0.15, 0.2) is 12.2 Å². The minimum Gasteiger partial charge on any atom is -0.466 e. The summed E-state index contributed by atoms with van der Waals surface area (Å²) < 4.78 is 5.48.